The van der Waals surface area contributed by atoms with Gasteiger partial charge in [0.25, 0.3) is 0 Å². The Morgan fingerprint density at radius 3 is 2.13 bits per heavy atom. The molecule has 4 heterocycles. The van der Waals surface area contributed by atoms with Crippen LogP contribution in [0.15, 0.2) is 30.3 Å². The van der Waals surface area contributed by atoms with Crippen LogP contribution in [0.3, 0.4) is 0 Å². The van der Waals surface area contributed by atoms with E-state index in [9.17, 15) is 9.18 Å². The Morgan fingerprint density at radius 1 is 1.00 bits per heavy atom. The molecule has 0 atom stereocenters. The van der Waals surface area contributed by atoms with E-state index in [1.807, 2.05) is 19.9 Å². The molecule has 0 aliphatic carbocycles. The van der Waals surface area contributed by atoms with Gasteiger partial charge in [-0.25, -0.2) is 18.9 Å². The lowest BCUT2D eigenvalue weighted by molar-refractivity contribution is 0.0594. The molecule has 38 heavy (non-hydrogen) atoms. The van der Waals surface area contributed by atoms with Crippen LogP contribution in [0.4, 0.5) is 10.1 Å². The fraction of sp³-hybridized carbons (Fsp3) is 0.567. The number of nitrogens with zero attached hydrogens (tertiary/aromatic N) is 5. The summed E-state index contributed by atoms with van der Waals surface area (Å²) in [5.41, 5.74) is 3.47. The Hall–Kier alpha value is -3.00. The second-order valence-corrected chi connectivity index (χ2v) is 10.6. The second kappa shape index (κ2) is 12.2. The predicted molar refractivity (Wildman–Crippen MR) is 151 cm³/mol. The first-order chi connectivity index (χ1) is 18.4. The fourth-order valence-electron chi connectivity index (χ4n) is 5.86. The van der Waals surface area contributed by atoms with Crippen LogP contribution in [0, 0.1) is 17.7 Å². The molecule has 2 saturated heterocycles. The number of ether oxygens (including phenoxy) is 1. The van der Waals surface area contributed by atoms with Gasteiger partial charge in [-0.1, -0.05) is 27.7 Å². The summed E-state index contributed by atoms with van der Waals surface area (Å²) in [6.45, 7) is 12.5. The summed E-state index contributed by atoms with van der Waals surface area (Å²) in [7, 11) is 3.59. The van der Waals surface area contributed by atoms with Crippen LogP contribution in [-0.4, -0.2) is 66.0 Å². The van der Waals surface area contributed by atoms with Crippen LogP contribution in [0.2, 0.25) is 0 Å². The fourth-order valence-corrected chi connectivity index (χ4v) is 5.86. The number of rotatable bonds is 5. The van der Waals surface area contributed by atoms with Crippen molar-refractivity contribution in [1.82, 2.24) is 19.7 Å². The highest BCUT2D eigenvalue weighted by molar-refractivity contribution is 5.99. The van der Waals surface area contributed by atoms with Gasteiger partial charge in [0.15, 0.2) is 11.3 Å². The molecule has 0 radical (unpaired) electrons. The van der Waals surface area contributed by atoms with Crippen molar-refractivity contribution in [2.45, 2.75) is 59.3 Å². The van der Waals surface area contributed by atoms with E-state index in [-0.39, 0.29) is 17.4 Å². The monoisotopic (exact) mass is 523 g/mol. The van der Waals surface area contributed by atoms with Gasteiger partial charge in [-0.3, -0.25) is 0 Å². The number of piperidine rings is 2. The topological polar surface area (TPSA) is 63.5 Å². The molecule has 5 rings (SSSR count). The highest BCUT2D eigenvalue weighted by Gasteiger charge is 2.31. The molecule has 0 amide bonds. The molecule has 2 aliphatic rings. The number of fused-ring (bicyclic) bond motifs is 1. The third-order valence-corrected chi connectivity index (χ3v) is 7.97. The molecule has 0 saturated carbocycles. The molecule has 8 heteroatoms. The average Bonchev–Trinajstić information content (AvgIpc) is 3.34. The zero-order valence-corrected chi connectivity index (χ0v) is 23.7. The van der Waals surface area contributed by atoms with Crippen molar-refractivity contribution in [3.05, 3.63) is 47.5 Å². The molecule has 1 aromatic carbocycles. The van der Waals surface area contributed by atoms with Crippen LogP contribution in [0.1, 0.15) is 75.5 Å². The van der Waals surface area contributed by atoms with Crippen LogP contribution < -0.4 is 4.90 Å². The number of pyridine rings is 1. The van der Waals surface area contributed by atoms with E-state index in [4.69, 9.17) is 14.8 Å². The number of anilines is 1. The smallest absolute Gasteiger partial charge is 0.356 e. The van der Waals surface area contributed by atoms with Crippen molar-refractivity contribution in [2.24, 2.45) is 11.8 Å². The standard InChI is InChI=1S/C28H36FN5O2.C2H6/c1-18(2)26-25-24(33-15-11-20(12-16-33)19-9-13-32(3)14-10-19)17-23(28(35)36-4)30-27(25)34(31-26)22-7-5-21(29)6-8-22;1-2/h5-8,17-20H,9-16H2,1-4H3;1-2H3. The summed E-state index contributed by atoms with van der Waals surface area (Å²) < 4.78 is 20.4. The van der Waals surface area contributed by atoms with Gasteiger partial charge in [0.1, 0.15) is 5.82 Å². The number of methoxy groups -OCH3 is 1. The summed E-state index contributed by atoms with van der Waals surface area (Å²) >= 11 is 0. The van der Waals surface area contributed by atoms with Crippen LogP contribution in [0.25, 0.3) is 16.7 Å². The van der Waals surface area contributed by atoms with Gasteiger partial charge in [-0.15, -0.1) is 0 Å². The molecule has 2 aliphatic heterocycles. The number of halogens is 1. The van der Waals surface area contributed by atoms with Crippen molar-refractivity contribution in [2.75, 3.05) is 45.2 Å². The maximum absolute atomic E-state index is 13.6. The van der Waals surface area contributed by atoms with Gasteiger partial charge in [0.2, 0.25) is 0 Å². The number of likely N-dealkylation sites (tertiary alicyclic amines) is 1. The molecule has 0 bridgehead atoms. The van der Waals surface area contributed by atoms with Crippen molar-refractivity contribution in [1.29, 1.82) is 0 Å². The van der Waals surface area contributed by atoms with Gasteiger partial charge in [-0.2, -0.15) is 5.10 Å². The summed E-state index contributed by atoms with van der Waals surface area (Å²) in [6, 6.07) is 8.07. The number of hydrogen-bond acceptors (Lipinski definition) is 6. The zero-order chi connectivity index (χ0) is 27.4. The van der Waals surface area contributed by atoms with Crippen LogP contribution >= 0.6 is 0 Å². The summed E-state index contributed by atoms with van der Waals surface area (Å²) in [6.07, 6.45) is 4.87. The van der Waals surface area contributed by atoms with E-state index >= 15 is 0 Å². The Balaban J connectivity index is 0.00000164. The quantitative estimate of drug-likeness (QED) is 0.379. The van der Waals surface area contributed by atoms with E-state index in [0.717, 1.165) is 54.5 Å². The predicted octanol–water partition coefficient (Wildman–Crippen LogP) is 6.05. The largest absolute Gasteiger partial charge is 0.464 e. The first-order valence-corrected chi connectivity index (χ1v) is 14.1. The molecule has 2 aromatic heterocycles. The maximum Gasteiger partial charge on any atom is 0.356 e. The lowest BCUT2D eigenvalue weighted by Crippen LogP contribution is -2.40. The number of hydrogen-bond donors (Lipinski definition) is 0. The second-order valence-electron chi connectivity index (χ2n) is 10.6. The third kappa shape index (κ3) is 5.70. The molecular formula is C30H42FN5O2. The number of carbonyl (C=O) groups excluding carboxylic acids is 1. The Bertz CT molecular complexity index is 1220. The van der Waals surface area contributed by atoms with E-state index in [0.29, 0.717) is 11.3 Å². The number of esters is 1. The minimum Gasteiger partial charge on any atom is -0.464 e. The SMILES string of the molecule is CC.COC(=O)c1cc(N2CCC(C3CCN(C)CC3)CC2)c2c(C(C)C)nn(-c3ccc(F)cc3)c2n1. The molecule has 7 nitrogen and oxygen atoms in total. The normalized spacial score (nSPS) is 17.5. The first-order valence-electron chi connectivity index (χ1n) is 14.1. The minimum absolute atomic E-state index is 0.149. The van der Waals surface area contributed by atoms with Gasteiger partial charge in [-0.05, 0) is 93.9 Å². The van der Waals surface area contributed by atoms with Gasteiger partial charge in [0, 0.05) is 13.1 Å². The lowest BCUT2D eigenvalue weighted by atomic mass is 9.79. The van der Waals surface area contributed by atoms with Gasteiger partial charge in [0.05, 0.1) is 29.6 Å². The summed E-state index contributed by atoms with van der Waals surface area (Å²) in [4.78, 5) is 22.1. The molecule has 0 spiro atoms. The Kier molecular flexibility index (Phi) is 9.03. The number of aromatic nitrogens is 3. The highest BCUT2D eigenvalue weighted by atomic mass is 19.1. The first kappa shape index (κ1) is 28.0. The molecule has 3 aromatic rings. The van der Waals surface area contributed by atoms with Crippen molar-refractivity contribution < 1.29 is 13.9 Å². The minimum atomic E-state index is -0.475. The third-order valence-electron chi connectivity index (χ3n) is 7.97. The van der Waals surface area contributed by atoms with Crippen molar-refractivity contribution >= 4 is 22.7 Å². The molecule has 0 unspecified atom stereocenters. The molecule has 2 fully saturated rings. The Morgan fingerprint density at radius 2 is 1.58 bits per heavy atom. The van der Waals surface area contributed by atoms with E-state index in [1.165, 1.54) is 45.2 Å². The molecule has 0 N–H and O–H groups in total. The van der Waals surface area contributed by atoms with Crippen molar-refractivity contribution in [3.63, 3.8) is 0 Å². The number of carbonyl (C=O) groups is 1. The zero-order valence-electron chi connectivity index (χ0n) is 23.7. The van der Waals surface area contributed by atoms with E-state index < -0.39 is 5.97 Å². The van der Waals surface area contributed by atoms with Crippen molar-refractivity contribution in [3.8, 4) is 5.69 Å². The van der Waals surface area contributed by atoms with E-state index in [2.05, 4.69) is 30.7 Å². The van der Waals surface area contributed by atoms with E-state index in [1.54, 1.807) is 16.8 Å². The molecular weight excluding hydrogens is 481 g/mol. The molecule has 206 valence electrons. The van der Waals surface area contributed by atoms with Gasteiger partial charge < -0.3 is 14.5 Å². The summed E-state index contributed by atoms with van der Waals surface area (Å²) in [5, 5.41) is 5.87. The average molecular weight is 524 g/mol. The lowest BCUT2D eigenvalue weighted by Gasteiger charge is -2.40. The van der Waals surface area contributed by atoms with Crippen LogP contribution in [0.5, 0.6) is 0 Å². The van der Waals surface area contributed by atoms with Gasteiger partial charge >= 0.3 is 5.97 Å². The highest BCUT2D eigenvalue weighted by Crippen LogP contribution is 2.39. The maximum atomic E-state index is 13.6. The van der Waals surface area contributed by atoms with Crippen LogP contribution in [-0.2, 0) is 4.74 Å². The number of benzene rings is 1. The Labute approximate surface area is 226 Å². The summed E-state index contributed by atoms with van der Waals surface area (Å²) in [5.74, 6) is 0.918.